The van der Waals surface area contributed by atoms with Crippen molar-refractivity contribution in [3.05, 3.63) is 33.3 Å². The zero-order chi connectivity index (χ0) is 18.6. The number of benzene rings is 1. The van der Waals surface area contributed by atoms with Gasteiger partial charge in [0.2, 0.25) is 0 Å². The van der Waals surface area contributed by atoms with Crippen LogP contribution in [-0.2, 0) is 6.42 Å². The van der Waals surface area contributed by atoms with Gasteiger partial charge in [-0.2, -0.15) is 5.26 Å². The second kappa shape index (κ2) is 8.75. The van der Waals surface area contributed by atoms with Gasteiger partial charge in [-0.15, -0.1) is 0 Å². The molecule has 1 atom stereocenters. The van der Waals surface area contributed by atoms with Crippen LogP contribution < -0.4 is 5.32 Å². The molecule has 0 saturated carbocycles. The van der Waals surface area contributed by atoms with Crippen LogP contribution in [0.3, 0.4) is 0 Å². The van der Waals surface area contributed by atoms with Crippen molar-refractivity contribution in [2.24, 2.45) is 0 Å². The predicted molar refractivity (Wildman–Crippen MR) is 101 cm³/mol. The molecule has 1 unspecified atom stereocenters. The molecule has 0 radical (unpaired) electrons. The van der Waals surface area contributed by atoms with E-state index in [1.165, 1.54) is 0 Å². The summed E-state index contributed by atoms with van der Waals surface area (Å²) >= 11 is 12.6. The summed E-state index contributed by atoms with van der Waals surface area (Å²) in [4.78, 5) is 16.6. The summed E-state index contributed by atoms with van der Waals surface area (Å²) < 4.78 is 0. The third kappa shape index (κ3) is 4.78. The topological polar surface area (TPSA) is 59.4 Å². The fourth-order valence-corrected chi connectivity index (χ4v) is 3.66. The third-order valence-electron chi connectivity index (χ3n) is 4.82. The number of amides is 2. The second-order valence-electron chi connectivity index (χ2n) is 6.59. The van der Waals surface area contributed by atoms with Gasteiger partial charge in [0.1, 0.15) is 0 Å². The van der Waals surface area contributed by atoms with Crippen molar-refractivity contribution in [3.63, 3.8) is 0 Å². The molecule has 1 fully saturated rings. The fourth-order valence-electron chi connectivity index (χ4n) is 3.07. The van der Waals surface area contributed by atoms with E-state index in [-0.39, 0.29) is 24.5 Å². The maximum atomic E-state index is 12.6. The zero-order valence-corrected chi connectivity index (χ0v) is 16.4. The molecule has 136 valence electrons. The van der Waals surface area contributed by atoms with Crippen molar-refractivity contribution in [2.45, 2.75) is 38.3 Å². The largest absolute Gasteiger partial charge is 0.331 e. The summed E-state index contributed by atoms with van der Waals surface area (Å²) in [7, 11) is 3.93. The molecule has 5 nitrogen and oxygen atoms in total. The first-order valence-corrected chi connectivity index (χ1v) is 9.16. The minimum atomic E-state index is -0.276. The molecule has 2 amide bonds. The van der Waals surface area contributed by atoms with Gasteiger partial charge in [0, 0.05) is 13.1 Å². The first-order valence-electron chi connectivity index (χ1n) is 8.40. The number of halogens is 2. The highest BCUT2D eigenvalue weighted by atomic mass is 35.5. The lowest BCUT2D eigenvalue weighted by Gasteiger charge is -2.35. The first kappa shape index (κ1) is 19.8. The van der Waals surface area contributed by atoms with Gasteiger partial charge in [-0.1, -0.05) is 35.3 Å². The van der Waals surface area contributed by atoms with E-state index in [0.717, 1.165) is 31.5 Å². The molecule has 0 bridgehead atoms. The predicted octanol–water partition coefficient (Wildman–Crippen LogP) is 3.86. The van der Waals surface area contributed by atoms with Gasteiger partial charge in [-0.05, 0) is 51.0 Å². The standard InChI is InChI=1S/C18H24Cl2N4O/c1-12(15-5-4-13(6-9-21)16(19)17(15)20)22-18(25)24(3)14-7-10-23(2)11-8-14/h4-5,12,14H,6-8,10-11H2,1-3H3,(H,22,25). The van der Waals surface area contributed by atoms with Crippen LogP contribution in [0.25, 0.3) is 0 Å². The summed E-state index contributed by atoms with van der Waals surface area (Å²) in [6.07, 6.45) is 2.16. The molecular formula is C18H24Cl2N4O. The van der Waals surface area contributed by atoms with E-state index in [1.54, 1.807) is 11.0 Å². The minimum absolute atomic E-state index is 0.115. The van der Waals surface area contributed by atoms with Crippen LogP contribution in [0.5, 0.6) is 0 Å². The van der Waals surface area contributed by atoms with E-state index in [1.807, 2.05) is 20.0 Å². The smallest absolute Gasteiger partial charge is 0.317 e. The second-order valence-corrected chi connectivity index (χ2v) is 7.35. The Morgan fingerprint density at radius 2 is 2.04 bits per heavy atom. The quantitative estimate of drug-likeness (QED) is 0.859. The number of hydrogen-bond donors (Lipinski definition) is 1. The number of nitriles is 1. The van der Waals surface area contributed by atoms with Crippen molar-refractivity contribution in [1.29, 1.82) is 5.26 Å². The normalized spacial score (nSPS) is 17.0. The maximum Gasteiger partial charge on any atom is 0.317 e. The number of carbonyl (C=O) groups excluding carboxylic acids is 1. The number of urea groups is 1. The van der Waals surface area contributed by atoms with Crippen LogP contribution in [0.2, 0.25) is 10.0 Å². The van der Waals surface area contributed by atoms with Gasteiger partial charge < -0.3 is 15.1 Å². The van der Waals surface area contributed by atoms with E-state index in [0.29, 0.717) is 15.6 Å². The molecule has 1 aliphatic heterocycles. The van der Waals surface area contributed by atoms with Gasteiger partial charge in [-0.25, -0.2) is 4.79 Å². The maximum absolute atomic E-state index is 12.6. The van der Waals surface area contributed by atoms with Gasteiger partial charge >= 0.3 is 6.03 Å². The molecule has 2 rings (SSSR count). The van der Waals surface area contributed by atoms with Gasteiger partial charge in [0.05, 0.1) is 28.6 Å². The SMILES string of the molecule is CC(NC(=O)N(C)C1CCN(C)CC1)c1ccc(CC#N)c(Cl)c1Cl. The van der Waals surface area contributed by atoms with Crippen molar-refractivity contribution in [3.8, 4) is 6.07 Å². The molecule has 0 aromatic heterocycles. The van der Waals surface area contributed by atoms with Crippen LogP contribution in [0, 0.1) is 11.3 Å². The van der Waals surface area contributed by atoms with Gasteiger partial charge in [-0.3, -0.25) is 0 Å². The highest BCUT2D eigenvalue weighted by Crippen LogP contribution is 2.33. The summed E-state index contributed by atoms with van der Waals surface area (Å²) in [6, 6.07) is 5.53. The van der Waals surface area contributed by atoms with Crippen molar-refractivity contribution >= 4 is 29.2 Å². The molecular weight excluding hydrogens is 359 g/mol. The number of rotatable bonds is 4. The van der Waals surface area contributed by atoms with Crippen LogP contribution in [-0.4, -0.2) is 49.1 Å². The van der Waals surface area contributed by atoms with Crippen molar-refractivity contribution in [2.75, 3.05) is 27.2 Å². The average Bonchev–Trinajstić information content (AvgIpc) is 2.59. The Bertz CT molecular complexity index is 666. The molecule has 1 saturated heterocycles. The Morgan fingerprint density at radius 1 is 1.40 bits per heavy atom. The Morgan fingerprint density at radius 3 is 2.64 bits per heavy atom. The van der Waals surface area contributed by atoms with Crippen molar-refractivity contribution in [1.82, 2.24) is 15.1 Å². The minimum Gasteiger partial charge on any atom is -0.331 e. The molecule has 1 aromatic carbocycles. The van der Waals surface area contributed by atoms with E-state index < -0.39 is 0 Å². The monoisotopic (exact) mass is 382 g/mol. The Balaban J connectivity index is 2.04. The molecule has 1 heterocycles. The fraction of sp³-hybridized carbons (Fsp3) is 0.556. The highest BCUT2D eigenvalue weighted by molar-refractivity contribution is 6.43. The number of likely N-dealkylation sites (tertiary alicyclic amines) is 1. The Kier molecular flexibility index (Phi) is 6.95. The van der Waals surface area contributed by atoms with E-state index in [4.69, 9.17) is 28.5 Å². The lowest BCUT2D eigenvalue weighted by molar-refractivity contribution is 0.146. The number of carbonyl (C=O) groups is 1. The molecule has 25 heavy (non-hydrogen) atoms. The van der Waals surface area contributed by atoms with Crippen LogP contribution in [0.15, 0.2) is 12.1 Å². The first-order chi connectivity index (χ1) is 11.8. The summed E-state index contributed by atoms with van der Waals surface area (Å²) in [6.45, 7) is 3.88. The summed E-state index contributed by atoms with van der Waals surface area (Å²) in [5.41, 5.74) is 1.44. The molecule has 0 spiro atoms. The van der Waals surface area contributed by atoms with E-state index in [2.05, 4.69) is 23.3 Å². The van der Waals surface area contributed by atoms with Crippen LogP contribution in [0.1, 0.15) is 36.9 Å². The van der Waals surface area contributed by atoms with Gasteiger partial charge in [0.15, 0.2) is 0 Å². The molecule has 0 aliphatic carbocycles. The Labute approximate surface area is 159 Å². The van der Waals surface area contributed by atoms with Crippen molar-refractivity contribution < 1.29 is 4.79 Å². The van der Waals surface area contributed by atoms with Crippen LogP contribution >= 0.6 is 23.2 Å². The molecule has 1 aliphatic rings. The summed E-state index contributed by atoms with van der Waals surface area (Å²) in [5.74, 6) is 0. The zero-order valence-electron chi connectivity index (χ0n) is 14.9. The summed E-state index contributed by atoms with van der Waals surface area (Å²) in [5, 5.41) is 12.6. The number of nitrogens with one attached hydrogen (secondary N) is 1. The van der Waals surface area contributed by atoms with Gasteiger partial charge in [0.25, 0.3) is 0 Å². The Hall–Kier alpha value is -1.48. The lowest BCUT2D eigenvalue weighted by Crippen LogP contribution is -2.48. The van der Waals surface area contributed by atoms with E-state index in [9.17, 15) is 4.79 Å². The number of hydrogen-bond acceptors (Lipinski definition) is 3. The van der Waals surface area contributed by atoms with E-state index >= 15 is 0 Å². The lowest BCUT2D eigenvalue weighted by atomic mass is 10.0. The van der Waals surface area contributed by atoms with Crippen LogP contribution in [0.4, 0.5) is 4.79 Å². The number of piperidine rings is 1. The molecule has 1 aromatic rings. The third-order valence-corrected chi connectivity index (χ3v) is 5.76. The number of nitrogens with zero attached hydrogens (tertiary/aromatic N) is 3. The molecule has 1 N–H and O–H groups in total. The average molecular weight is 383 g/mol. The molecule has 7 heteroatoms. The highest BCUT2D eigenvalue weighted by Gasteiger charge is 2.25.